The molecule has 0 unspecified atom stereocenters. The molecule has 0 bridgehead atoms. The lowest BCUT2D eigenvalue weighted by Crippen LogP contribution is -2.49. The summed E-state index contributed by atoms with van der Waals surface area (Å²) in [5.41, 5.74) is 7.99. The molecular weight excluding hydrogens is 465 g/mol. The van der Waals surface area contributed by atoms with Crippen molar-refractivity contribution in [2.45, 2.75) is 58.5 Å². The van der Waals surface area contributed by atoms with Crippen molar-refractivity contribution in [2.75, 3.05) is 26.2 Å². The van der Waals surface area contributed by atoms with Crippen LogP contribution < -0.4 is 16.4 Å². The van der Waals surface area contributed by atoms with Gasteiger partial charge in [-0.2, -0.15) is 0 Å². The van der Waals surface area contributed by atoms with Crippen molar-refractivity contribution in [1.29, 1.82) is 0 Å². The zero-order valence-electron chi connectivity index (χ0n) is 17.6. The van der Waals surface area contributed by atoms with Crippen LogP contribution >= 0.6 is 24.0 Å². The van der Waals surface area contributed by atoms with Gasteiger partial charge in [0.1, 0.15) is 0 Å². The summed E-state index contributed by atoms with van der Waals surface area (Å²) >= 11 is 0. The number of halogens is 1. The first-order valence-electron chi connectivity index (χ1n) is 9.93. The summed E-state index contributed by atoms with van der Waals surface area (Å²) in [6, 6.07) is 9.08. The third-order valence-electron chi connectivity index (χ3n) is 4.89. The lowest BCUT2D eigenvalue weighted by molar-refractivity contribution is -0.119. The highest BCUT2D eigenvalue weighted by Crippen LogP contribution is 2.22. The molecule has 0 aromatic heterocycles. The number of benzene rings is 1. The Morgan fingerprint density at radius 3 is 2.32 bits per heavy atom. The number of primary amides is 1. The van der Waals surface area contributed by atoms with Crippen molar-refractivity contribution < 1.29 is 4.79 Å². The Morgan fingerprint density at radius 1 is 1.21 bits per heavy atom. The van der Waals surface area contributed by atoms with E-state index in [1.165, 1.54) is 11.1 Å². The molecule has 1 amide bonds. The molecule has 4 N–H and O–H groups in total. The molecule has 7 heteroatoms. The van der Waals surface area contributed by atoms with Gasteiger partial charge >= 0.3 is 0 Å². The number of guanidine groups is 1. The van der Waals surface area contributed by atoms with E-state index in [0.717, 1.165) is 38.4 Å². The van der Waals surface area contributed by atoms with Crippen molar-refractivity contribution in [1.82, 2.24) is 15.5 Å². The average molecular weight is 501 g/mol. The van der Waals surface area contributed by atoms with Crippen LogP contribution in [0.25, 0.3) is 0 Å². The van der Waals surface area contributed by atoms with Gasteiger partial charge < -0.3 is 16.4 Å². The molecule has 1 aliphatic rings. The molecule has 28 heavy (non-hydrogen) atoms. The molecule has 1 saturated heterocycles. The predicted octanol–water partition coefficient (Wildman–Crippen LogP) is 2.61. The number of carbonyl (C=O) groups excluding carboxylic acids is 1. The van der Waals surface area contributed by atoms with Gasteiger partial charge in [-0.25, -0.2) is 4.99 Å². The van der Waals surface area contributed by atoms with E-state index in [1.807, 2.05) is 0 Å². The summed E-state index contributed by atoms with van der Waals surface area (Å²) < 4.78 is 0. The lowest BCUT2D eigenvalue weighted by atomic mass is 9.87. The number of hydrogen-bond acceptors (Lipinski definition) is 3. The van der Waals surface area contributed by atoms with Gasteiger partial charge in [-0.15, -0.1) is 24.0 Å². The van der Waals surface area contributed by atoms with Gasteiger partial charge in [-0.1, -0.05) is 45.0 Å². The first-order chi connectivity index (χ1) is 12.8. The lowest BCUT2D eigenvalue weighted by Gasteiger charge is -2.32. The minimum atomic E-state index is -0.256. The maximum absolute atomic E-state index is 11.0. The number of hydrogen-bond donors (Lipinski definition) is 3. The summed E-state index contributed by atoms with van der Waals surface area (Å²) in [5, 5.41) is 6.86. The highest BCUT2D eigenvalue weighted by molar-refractivity contribution is 14.0. The Labute approximate surface area is 186 Å². The van der Waals surface area contributed by atoms with E-state index in [2.05, 4.69) is 67.5 Å². The maximum atomic E-state index is 11.0. The van der Waals surface area contributed by atoms with Gasteiger partial charge in [0.05, 0.1) is 13.1 Å². The number of likely N-dealkylation sites (tertiary alicyclic amines) is 1. The summed E-state index contributed by atoms with van der Waals surface area (Å²) in [5.74, 6) is 0.597. The number of nitrogens with one attached hydrogen (secondary N) is 2. The normalized spacial score (nSPS) is 16.4. The van der Waals surface area contributed by atoms with Crippen molar-refractivity contribution in [2.24, 2.45) is 10.7 Å². The molecule has 0 atom stereocenters. The molecule has 1 aliphatic heterocycles. The Bertz CT molecular complexity index is 631. The predicted molar refractivity (Wildman–Crippen MR) is 127 cm³/mol. The summed E-state index contributed by atoms with van der Waals surface area (Å²) in [6.07, 6.45) is 1.97. The highest BCUT2D eigenvalue weighted by atomic mass is 127. The number of nitrogens with two attached hydrogens (primary N) is 1. The third kappa shape index (κ3) is 8.34. The van der Waals surface area contributed by atoms with Crippen LogP contribution in [0.15, 0.2) is 29.3 Å². The number of carbonyl (C=O) groups is 1. The molecule has 158 valence electrons. The number of nitrogens with zero attached hydrogens (tertiary/aromatic N) is 2. The first kappa shape index (κ1) is 24.7. The highest BCUT2D eigenvalue weighted by Gasteiger charge is 2.20. The number of amides is 1. The summed E-state index contributed by atoms with van der Waals surface area (Å²) in [6.45, 7) is 12.3. The quantitative estimate of drug-likeness (QED) is 0.318. The molecule has 0 spiro atoms. The minimum absolute atomic E-state index is 0. The van der Waals surface area contributed by atoms with E-state index in [0.29, 0.717) is 19.1 Å². The molecule has 1 aromatic rings. The van der Waals surface area contributed by atoms with E-state index in [4.69, 9.17) is 10.7 Å². The average Bonchev–Trinajstić information content (AvgIpc) is 2.61. The van der Waals surface area contributed by atoms with Crippen molar-refractivity contribution in [3.05, 3.63) is 35.4 Å². The minimum Gasteiger partial charge on any atom is -0.369 e. The van der Waals surface area contributed by atoms with Crippen molar-refractivity contribution in [3.63, 3.8) is 0 Å². The van der Waals surface area contributed by atoms with Gasteiger partial charge in [0.2, 0.25) is 5.91 Å². The molecule has 1 heterocycles. The Morgan fingerprint density at radius 2 is 1.82 bits per heavy atom. The van der Waals surface area contributed by atoms with Crippen LogP contribution in [0, 0.1) is 0 Å². The molecule has 2 rings (SSSR count). The fourth-order valence-electron chi connectivity index (χ4n) is 3.25. The number of rotatable bonds is 6. The Hall–Kier alpha value is -1.35. The third-order valence-corrected chi connectivity index (χ3v) is 4.89. The number of aliphatic imine (C=N–C) groups is 1. The van der Waals surface area contributed by atoms with Gasteiger partial charge in [-0.3, -0.25) is 9.69 Å². The monoisotopic (exact) mass is 501 g/mol. The molecular formula is C21H36IN5O. The van der Waals surface area contributed by atoms with E-state index >= 15 is 0 Å². The van der Waals surface area contributed by atoms with Crippen LogP contribution in [0.2, 0.25) is 0 Å². The van der Waals surface area contributed by atoms with Crippen LogP contribution in [0.3, 0.4) is 0 Å². The summed E-state index contributed by atoms with van der Waals surface area (Å²) in [4.78, 5) is 17.9. The second-order valence-corrected chi connectivity index (χ2v) is 8.30. The van der Waals surface area contributed by atoms with E-state index in [9.17, 15) is 4.79 Å². The Kier molecular flexibility index (Phi) is 10.2. The molecule has 1 fully saturated rings. The zero-order valence-corrected chi connectivity index (χ0v) is 20.0. The van der Waals surface area contributed by atoms with Gasteiger partial charge in [0.25, 0.3) is 0 Å². The van der Waals surface area contributed by atoms with Crippen LogP contribution in [0.4, 0.5) is 0 Å². The molecule has 1 aromatic carbocycles. The molecule has 0 radical (unpaired) electrons. The second-order valence-electron chi connectivity index (χ2n) is 8.30. The largest absolute Gasteiger partial charge is 0.369 e. The molecule has 0 aliphatic carbocycles. The van der Waals surface area contributed by atoms with Gasteiger partial charge in [0.15, 0.2) is 5.96 Å². The first-order valence-corrected chi connectivity index (χ1v) is 9.93. The SMILES string of the molecule is CCNC(=NCc1ccc(C(C)(C)C)cc1)NC1CCN(CC(N)=O)CC1.I. The number of piperidine rings is 1. The Balaban J connectivity index is 0.00000392. The fraction of sp³-hybridized carbons (Fsp3) is 0.619. The van der Waals surface area contributed by atoms with Crippen LogP contribution in [0.1, 0.15) is 51.7 Å². The zero-order chi connectivity index (χ0) is 19.9. The second kappa shape index (κ2) is 11.6. The van der Waals surface area contributed by atoms with Crippen LogP contribution in [0.5, 0.6) is 0 Å². The van der Waals surface area contributed by atoms with Crippen LogP contribution in [-0.4, -0.2) is 49.0 Å². The topological polar surface area (TPSA) is 82.8 Å². The fourth-order valence-corrected chi connectivity index (χ4v) is 3.25. The smallest absolute Gasteiger partial charge is 0.231 e. The van der Waals surface area contributed by atoms with E-state index in [-0.39, 0.29) is 35.3 Å². The van der Waals surface area contributed by atoms with Crippen molar-refractivity contribution >= 4 is 35.8 Å². The van der Waals surface area contributed by atoms with E-state index in [1.54, 1.807) is 0 Å². The molecule has 6 nitrogen and oxygen atoms in total. The van der Waals surface area contributed by atoms with E-state index < -0.39 is 0 Å². The van der Waals surface area contributed by atoms with Gasteiger partial charge in [-0.05, 0) is 36.3 Å². The maximum Gasteiger partial charge on any atom is 0.231 e. The van der Waals surface area contributed by atoms with Gasteiger partial charge in [0, 0.05) is 25.7 Å². The summed E-state index contributed by atoms with van der Waals surface area (Å²) in [7, 11) is 0. The van der Waals surface area contributed by atoms with Crippen molar-refractivity contribution in [3.8, 4) is 0 Å². The van der Waals surface area contributed by atoms with Crippen LogP contribution in [-0.2, 0) is 16.8 Å². The molecule has 0 saturated carbocycles. The standard InChI is InChI=1S/C21H35N5O.HI/c1-5-23-20(25-18-10-12-26(13-11-18)15-19(22)27)24-14-16-6-8-17(9-7-16)21(2,3)4;/h6-9,18H,5,10-15H2,1-4H3,(H2,22,27)(H2,23,24,25);1H.